The Morgan fingerprint density at radius 1 is 1.28 bits per heavy atom. The first-order valence-corrected chi connectivity index (χ1v) is 14.3. The third-order valence-electron chi connectivity index (χ3n) is 5.66. The lowest BCUT2D eigenvalue weighted by Gasteiger charge is -2.34. The first kappa shape index (κ1) is 31.1. The summed E-state index contributed by atoms with van der Waals surface area (Å²) in [4.78, 5) is 36.3. The number of carbonyl (C=O) groups is 3. The quantitative estimate of drug-likeness (QED) is 0.170. The van der Waals surface area contributed by atoms with E-state index in [-0.39, 0.29) is 5.75 Å². The van der Waals surface area contributed by atoms with E-state index in [4.69, 9.17) is 30.3 Å². The molecular formula is C23H27F4N2O8PS. The van der Waals surface area contributed by atoms with Crippen LogP contribution in [0, 0.1) is 0 Å². The second kappa shape index (κ2) is 12.4. The molecule has 0 saturated carbocycles. The van der Waals surface area contributed by atoms with Gasteiger partial charge in [-0.15, -0.1) is 0 Å². The minimum Gasteiger partial charge on any atom is -0.462 e. The summed E-state index contributed by atoms with van der Waals surface area (Å²) in [6.45, 7) is -0.602. The Kier molecular flexibility index (Phi) is 9.89. The average molecular weight is 599 g/mol. The Labute approximate surface area is 226 Å². The van der Waals surface area contributed by atoms with Crippen LogP contribution in [0.25, 0.3) is 0 Å². The van der Waals surface area contributed by atoms with E-state index in [0.29, 0.717) is 11.1 Å². The molecule has 2 aliphatic heterocycles. The van der Waals surface area contributed by atoms with Crippen molar-refractivity contribution >= 4 is 36.1 Å². The Balaban J connectivity index is 1.88. The molecule has 3 rings (SSSR count). The van der Waals surface area contributed by atoms with Gasteiger partial charge in [0.2, 0.25) is 11.7 Å². The molecule has 16 heteroatoms. The average Bonchev–Trinajstić information content (AvgIpc) is 3.11. The molecule has 0 spiro atoms. The van der Waals surface area contributed by atoms with Crippen molar-refractivity contribution in [2.75, 3.05) is 6.61 Å². The van der Waals surface area contributed by atoms with Gasteiger partial charge in [0.25, 0.3) is 6.43 Å². The monoisotopic (exact) mass is 598 g/mol. The van der Waals surface area contributed by atoms with Crippen LogP contribution in [-0.4, -0.2) is 76.9 Å². The molecule has 1 unspecified atom stereocenters. The van der Waals surface area contributed by atoms with Gasteiger partial charge in [-0.1, -0.05) is 18.2 Å². The Hall–Kier alpha value is -2.42. The van der Waals surface area contributed by atoms with Gasteiger partial charge in [-0.05, 0) is 44.7 Å². The maximum absolute atomic E-state index is 15.1. The predicted octanol–water partition coefficient (Wildman–Crippen LogP) is 2.91. The number of carbonyl (C=O) groups excluding carboxylic acids is 3. The van der Waals surface area contributed by atoms with Crippen molar-refractivity contribution in [3.05, 3.63) is 42.4 Å². The number of amides is 1. The molecule has 1 aromatic carbocycles. The van der Waals surface area contributed by atoms with E-state index >= 15 is 4.39 Å². The van der Waals surface area contributed by atoms with Gasteiger partial charge >= 0.3 is 12.6 Å². The van der Waals surface area contributed by atoms with Crippen molar-refractivity contribution in [1.82, 2.24) is 9.99 Å². The predicted molar refractivity (Wildman–Crippen MR) is 131 cm³/mol. The number of hydrogen-bond acceptors (Lipinski definition) is 9. The number of hydrogen-bond donors (Lipinski definition) is 2. The fourth-order valence-electron chi connectivity index (χ4n) is 3.67. The van der Waals surface area contributed by atoms with Crippen LogP contribution in [0.5, 0.6) is 5.75 Å². The van der Waals surface area contributed by atoms with E-state index < -0.39 is 85.8 Å². The molecule has 2 N–H and O–H groups in total. The third-order valence-corrected chi connectivity index (χ3v) is 8.14. The molecule has 0 aromatic heterocycles. The summed E-state index contributed by atoms with van der Waals surface area (Å²) < 4.78 is 79.2. The zero-order valence-electron chi connectivity index (χ0n) is 21.0. The first-order chi connectivity index (χ1) is 18.2. The van der Waals surface area contributed by atoms with E-state index in [2.05, 4.69) is 5.09 Å². The number of nitrogens with one attached hydrogen (secondary N) is 1. The minimum absolute atomic E-state index is 0.141. The Bertz CT molecular complexity index is 1160. The van der Waals surface area contributed by atoms with Crippen LogP contribution in [-0.2, 0) is 40.2 Å². The Morgan fingerprint density at radius 3 is 2.51 bits per heavy atom. The summed E-state index contributed by atoms with van der Waals surface area (Å²) in [6.07, 6.45) is -12.2. The summed E-state index contributed by atoms with van der Waals surface area (Å²) in [7, 11) is 0. The molecule has 1 saturated heterocycles. The summed E-state index contributed by atoms with van der Waals surface area (Å²) in [5.74, 6) is -4.32. The van der Waals surface area contributed by atoms with E-state index in [1.165, 1.54) is 19.1 Å². The molecule has 39 heavy (non-hydrogen) atoms. The number of aliphatic hydroxyl groups excluding tert-OH is 1. The van der Waals surface area contributed by atoms with E-state index in [1.807, 2.05) is 0 Å². The van der Waals surface area contributed by atoms with Gasteiger partial charge in [0.05, 0.1) is 19.1 Å². The van der Waals surface area contributed by atoms with Crippen LogP contribution < -0.4 is 9.61 Å². The highest BCUT2D eigenvalue weighted by Gasteiger charge is 2.63. The molecule has 10 nitrogen and oxygen atoms in total. The zero-order valence-corrected chi connectivity index (χ0v) is 22.7. The standard InChI is InChI=1S/C23H27F4N2O8PS/c1-12(2)35-21(33)13(3)28-38(39,37-14-7-5-4-6-8-14)34-11-23(22(26)27)19(32)18(25)20(36-23)29-10-15(24)16(30)9-17(29)31/h4-8,10,12-13,18-20,22,32H,9,11H2,1-3H3,(H,28,39)/t13-,18+,19-,20+,23+,38?/m0/s1. The van der Waals surface area contributed by atoms with Gasteiger partial charge in [0, 0.05) is 6.20 Å². The fourth-order valence-corrected chi connectivity index (χ4v) is 6.09. The van der Waals surface area contributed by atoms with E-state index in [0.717, 1.165) is 0 Å². The van der Waals surface area contributed by atoms with Crippen LogP contribution in [0.3, 0.4) is 0 Å². The highest BCUT2D eigenvalue weighted by molar-refractivity contribution is 8.09. The van der Waals surface area contributed by atoms with E-state index in [1.54, 1.807) is 32.0 Å². The number of rotatable bonds is 11. The number of para-hydroxylation sites is 1. The molecular weight excluding hydrogens is 571 g/mol. The van der Waals surface area contributed by atoms with Gasteiger partial charge in [-0.3, -0.25) is 19.3 Å². The van der Waals surface area contributed by atoms with Crippen molar-refractivity contribution in [2.45, 2.75) is 69.9 Å². The van der Waals surface area contributed by atoms with Crippen LogP contribution in [0.1, 0.15) is 27.2 Å². The molecule has 1 aromatic rings. The second-order valence-electron chi connectivity index (χ2n) is 9.04. The molecule has 0 bridgehead atoms. The smallest absolute Gasteiger partial charge is 0.323 e. The number of allylic oxidation sites excluding steroid dienone is 1. The number of halogens is 4. The maximum atomic E-state index is 15.1. The lowest BCUT2D eigenvalue weighted by atomic mass is 9.97. The van der Waals surface area contributed by atoms with E-state index in [9.17, 15) is 32.7 Å². The SMILES string of the molecule is CC(C)OC(=O)[C@H](C)NP(=S)(OC[C@@]1(C(F)F)O[C@@H](N2C=C(F)C(=O)CC2=O)[C@H](F)[C@@H]1O)Oc1ccccc1. The summed E-state index contributed by atoms with van der Waals surface area (Å²) in [5.41, 5.74) is -3.09. The van der Waals surface area contributed by atoms with Gasteiger partial charge in [-0.2, -0.15) is 0 Å². The molecule has 1 fully saturated rings. The first-order valence-electron chi connectivity index (χ1n) is 11.7. The topological polar surface area (TPSA) is 124 Å². The van der Waals surface area contributed by atoms with Crippen molar-refractivity contribution in [2.24, 2.45) is 0 Å². The number of aliphatic hydroxyl groups is 1. The molecule has 2 aliphatic rings. The van der Waals surface area contributed by atoms with Gasteiger partial charge in [-0.25, -0.2) is 22.6 Å². The lowest BCUT2D eigenvalue weighted by molar-refractivity contribution is -0.199. The number of nitrogens with zero attached hydrogens (tertiary/aromatic N) is 1. The van der Waals surface area contributed by atoms with Crippen molar-refractivity contribution in [3.8, 4) is 5.75 Å². The lowest BCUT2D eigenvalue weighted by Crippen LogP contribution is -2.52. The van der Waals surface area contributed by atoms with Crippen LogP contribution >= 0.6 is 6.64 Å². The number of ketones is 1. The summed E-state index contributed by atoms with van der Waals surface area (Å²) in [6, 6.07) is 6.64. The molecule has 216 valence electrons. The highest BCUT2D eigenvalue weighted by Crippen LogP contribution is 2.49. The second-order valence-corrected chi connectivity index (χ2v) is 12.2. The molecule has 1 amide bonds. The van der Waals surface area contributed by atoms with Crippen molar-refractivity contribution in [3.63, 3.8) is 0 Å². The maximum Gasteiger partial charge on any atom is 0.323 e. The minimum atomic E-state index is -3.92. The summed E-state index contributed by atoms with van der Waals surface area (Å²) >= 11 is 5.44. The van der Waals surface area contributed by atoms with Gasteiger partial charge in [0.1, 0.15) is 17.9 Å². The number of esters is 1. The fraction of sp³-hybridized carbons (Fsp3) is 0.522. The highest BCUT2D eigenvalue weighted by atomic mass is 32.5. The molecule has 0 aliphatic carbocycles. The number of alkyl halides is 3. The van der Waals surface area contributed by atoms with Crippen molar-refractivity contribution < 1.29 is 55.6 Å². The third kappa shape index (κ3) is 7.02. The normalized spacial score (nSPS) is 27.9. The number of ether oxygens (including phenoxy) is 2. The molecule has 2 heterocycles. The van der Waals surface area contributed by atoms with Crippen LogP contribution in [0.2, 0.25) is 0 Å². The van der Waals surface area contributed by atoms with Crippen LogP contribution in [0.4, 0.5) is 17.6 Å². The van der Waals surface area contributed by atoms with Crippen LogP contribution in [0.15, 0.2) is 42.4 Å². The molecule has 6 atom stereocenters. The summed E-state index contributed by atoms with van der Waals surface area (Å²) in [5, 5.41) is 13.1. The largest absolute Gasteiger partial charge is 0.462 e. The number of Topliss-reactive ketones (excluding diaryl/α,β-unsaturated/α-hetero) is 1. The Morgan fingerprint density at radius 2 is 1.92 bits per heavy atom. The van der Waals surface area contributed by atoms with Crippen molar-refractivity contribution in [1.29, 1.82) is 0 Å². The molecule has 0 radical (unpaired) electrons. The van der Waals surface area contributed by atoms with Gasteiger partial charge in [0.15, 0.2) is 23.8 Å². The number of benzene rings is 1. The zero-order chi connectivity index (χ0) is 29.1. The van der Waals surface area contributed by atoms with Gasteiger partial charge < -0.3 is 23.6 Å².